The van der Waals surface area contributed by atoms with Gasteiger partial charge in [-0.1, -0.05) is 24.3 Å². The molecule has 1 aromatic heterocycles. The summed E-state index contributed by atoms with van der Waals surface area (Å²) in [6.07, 6.45) is 0. The molecule has 37 heavy (non-hydrogen) atoms. The molecule has 0 saturated carbocycles. The zero-order chi connectivity index (χ0) is 26.5. The second kappa shape index (κ2) is 8.66. The van der Waals surface area contributed by atoms with Crippen LogP contribution in [0.25, 0.3) is 0 Å². The number of aromatic nitrogens is 2. The maximum Gasteiger partial charge on any atom is 0.330 e. The Hall–Kier alpha value is -4.87. The molecule has 3 unspecified atom stereocenters. The molecule has 12 heteroatoms. The molecule has 12 nitrogen and oxygen atoms in total. The highest BCUT2D eigenvalue weighted by Gasteiger charge is 2.66. The van der Waals surface area contributed by atoms with Crippen molar-refractivity contribution in [2.24, 2.45) is 5.41 Å². The average Bonchev–Trinajstić information content (AvgIpc) is 2.90. The molecule has 190 valence electrons. The van der Waals surface area contributed by atoms with E-state index < -0.39 is 40.8 Å². The lowest BCUT2D eigenvalue weighted by atomic mass is 9.59. The van der Waals surface area contributed by atoms with Gasteiger partial charge in [0.1, 0.15) is 17.3 Å². The first-order chi connectivity index (χ1) is 17.7. The van der Waals surface area contributed by atoms with Crippen LogP contribution in [0.5, 0.6) is 11.5 Å². The smallest absolute Gasteiger partial charge is 0.330 e. The van der Waals surface area contributed by atoms with Gasteiger partial charge in [0.05, 0.1) is 25.8 Å². The van der Waals surface area contributed by atoms with Crippen LogP contribution < -0.4 is 31.4 Å². The number of nitrogens with one attached hydrogen (secondary N) is 3. The summed E-state index contributed by atoms with van der Waals surface area (Å²) in [4.78, 5) is 61.4. The second-order valence-corrected chi connectivity index (χ2v) is 8.76. The Labute approximate surface area is 210 Å². The fourth-order valence-corrected chi connectivity index (χ4v) is 5.15. The molecule has 3 heterocycles. The van der Waals surface area contributed by atoms with Crippen LogP contribution in [0.4, 0.5) is 16.6 Å². The van der Waals surface area contributed by atoms with Crippen molar-refractivity contribution in [3.05, 3.63) is 75.6 Å². The van der Waals surface area contributed by atoms with E-state index in [9.17, 15) is 19.2 Å². The molecular weight excluding hydrogens is 480 g/mol. The summed E-state index contributed by atoms with van der Waals surface area (Å²) in [5.74, 6) is -1.70. The van der Waals surface area contributed by atoms with Crippen molar-refractivity contribution in [2.75, 3.05) is 32.3 Å². The largest absolute Gasteiger partial charge is 0.497 e. The number of nitrogen functional groups attached to an aromatic ring is 1. The molecule has 0 bridgehead atoms. The molecule has 5 N–H and O–H groups in total. The zero-order valence-electron chi connectivity index (χ0n) is 20.2. The molecule has 1 fully saturated rings. The third-order valence-corrected chi connectivity index (χ3v) is 6.91. The number of benzene rings is 2. The second-order valence-electron chi connectivity index (χ2n) is 8.76. The molecule has 3 aromatic rings. The highest BCUT2D eigenvalue weighted by atomic mass is 16.5. The number of barbiturate groups is 1. The molecule has 2 aromatic carbocycles. The van der Waals surface area contributed by atoms with Crippen molar-refractivity contribution in [3.8, 4) is 11.5 Å². The minimum absolute atomic E-state index is 0.0374. The molecule has 1 saturated heterocycles. The Morgan fingerprint density at radius 1 is 0.919 bits per heavy atom. The average molecular weight is 505 g/mol. The van der Waals surface area contributed by atoms with Gasteiger partial charge >= 0.3 is 6.03 Å². The molecule has 2 aliphatic heterocycles. The fourth-order valence-electron chi connectivity index (χ4n) is 5.15. The van der Waals surface area contributed by atoms with E-state index in [4.69, 9.17) is 15.2 Å². The van der Waals surface area contributed by atoms with Crippen molar-refractivity contribution in [2.45, 2.75) is 12.0 Å². The molecule has 3 atom stereocenters. The van der Waals surface area contributed by atoms with E-state index in [-0.39, 0.29) is 17.3 Å². The van der Waals surface area contributed by atoms with Crippen LogP contribution in [0.2, 0.25) is 0 Å². The lowest BCUT2D eigenvalue weighted by molar-refractivity contribution is -0.153. The van der Waals surface area contributed by atoms with Gasteiger partial charge in [-0.15, -0.1) is 0 Å². The van der Waals surface area contributed by atoms with Crippen molar-refractivity contribution in [1.82, 2.24) is 20.2 Å². The van der Waals surface area contributed by atoms with Crippen molar-refractivity contribution in [1.29, 1.82) is 0 Å². The maximum absolute atomic E-state index is 14.1. The number of aromatic amines is 1. The summed E-state index contributed by atoms with van der Waals surface area (Å²) in [5, 5.41) is 5.42. The first-order valence-corrected chi connectivity index (χ1v) is 11.3. The molecule has 5 rings (SSSR count). The molecule has 2 aliphatic rings. The number of H-pyrrole nitrogens is 1. The number of carbonyl (C=O) groups is 3. The Kier molecular flexibility index (Phi) is 5.58. The number of carbonyl (C=O) groups excluding carboxylic acids is 3. The van der Waals surface area contributed by atoms with Crippen LogP contribution in [-0.4, -0.2) is 54.0 Å². The van der Waals surface area contributed by atoms with Crippen LogP contribution in [-0.2, 0) is 9.59 Å². The summed E-state index contributed by atoms with van der Waals surface area (Å²) in [7, 11) is 4.30. The summed E-state index contributed by atoms with van der Waals surface area (Å²) >= 11 is 0. The van der Waals surface area contributed by atoms with E-state index in [1.807, 2.05) is 0 Å². The zero-order valence-corrected chi connectivity index (χ0v) is 20.2. The quantitative estimate of drug-likeness (QED) is 0.383. The summed E-state index contributed by atoms with van der Waals surface area (Å²) < 4.78 is 10.5. The lowest BCUT2D eigenvalue weighted by Crippen LogP contribution is -2.69. The maximum atomic E-state index is 14.1. The normalized spacial score (nSPS) is 22.8. The lowest BCUT2D eigenvalue weighted by Gasteiger charge is -2.50. The number of anilines is 2. The number of fused-ring (bicyclic) bond motifs is 1. The highest BCUT2D eigenvalue weighted by Crippen LogP contribution is 2.56. The first-order valence-electron chi connectivity index (χ1n) is 11.3. The van der Waals surface area contributed by atoms with E-state index in [0.717, 1.165) is 4.90 Å². The van der Waals surface area contributed by atoms with Crippen LogP contribution in [0, 0.1) is 5.41 Å². The minimum Gasteiger partial charge on any atom is -0.497 e. The number of nitrogens with two attached hydrogens (primary N) is 1. The summed E-state index contributed by atoms with van der Waals surface area (Å²) in [6, 6.07) is 11.5. The molecule has 0 aliphatic carbocycles. The van der Waals surface area contributed by atoms with E-state index in [1.54, 1.807) is 48.5 Å². The van der Waals surface area contributed by atoms with Gasteiger partial charge in [-0.05, 0) is 35.4 Å². The number of urea groups is 1. The SMILES string of the molecule is COc1ccc(C2Nc3nc(N)[nH]c(=O)c3C(c3ccc(OC)cc3)C23C(=O)NC(=O)N(C)C3=O)cc1. The Balaban J connectivity index is 1.87. The van der Waals surface area contributed by atoms with Gasteiger partial charge in [0, 0.05) is 13.0 Å². The summed E-state index contributed by atoms with van der Waals surface area (Å²) in [6.45, 7) is 0. The van der Waals surface area contributed by atoms with Crippen LogP contribution in [0.15, 0.2) is 53.3 Å². The Morgan fingerprint density at radius 2 is 1.49 bits per heavy atom. The van der Waals surface area contributed by atoms with E-state index in [0.29, 0.717) is 22.6 Å². The third kappa shape index (κ3) is 3.48. The fraction of sp³-hybridized carbons (Fsp3) is 0.240. The topological polar surface area (TPSA) is 169 Å². The first kappa shape index (κ1) is 23.9. The molecular formula is C25H24N6O6. The summed E-state index contributed by atoms with van der Waals surface area (Å²) in [5.41, 5.74) is 4.26. The molecule has 4 amide bonds. The van der Waals surface area contributed by atoms with Gasteiger partial charge < -0.3 is 20.5 Å². The van der Waals surface area contributed by atoms with Crippen LogP contribution in [0.1, 0.15) is 28.7 Å². The predicted molar refractivity (Wildman–Crippen MR) is 132 cm³/mol. The van der Waals surface area contributed by atoms with Crippen molar-refractivity contribution < 1.29 is 23.9 Å². The third-order valence-electron chi connectivity index (χ3n) is 6.91. The monoisotopic (exact) mass is 504 g/mol. The molecule has 1 spiro atoms. The Morgan fingerprint density at radius 3 is 2.05 bits per heavy atom. The van der Waals surface area contributed by atoms with Crippen LogP contribution >= 0.6 is 0 Å². The van der Waals surface area contributed by atoms with Crippen molar-refractivity contribution in [3.63, 3.8) is 0 Å². The van der Waals surface area contributed by atoms with Gasteiger partial charge in [-0.3, -0.25) is 29.6 Å². The minimum atomic E-state index is -2.00. The number of rotatable bonds is 4. The number of nitrogens with zero attached hydrogens (tertiary/aromatic N) is 2. The van der Waals surface area contributed by atoms with Crippen molar-refractivity contribution >= 4 is 29.6 Å². The Bertz CT molecular complexity index is 1470. The number of methoxy groups -OCH3 is 2. The molecule has 0 radical (unpaired) electrons. The van der Waals surface area contributed by atoms with E-state index in [2.05, 4.69) is 20.6 Å². The van der Waals surface area contributed by atoms with Gasteiger partial charge in [0.2, 0.25) is 17.8 Å². The highest BCUT2D eigenvalue weighted by molar-refractivity contribution is 6.21. The van der Waals surface area contributed by atoms with Gasteiger partial charge in [-0.25, -0.2) is 4.79 Å². The van der Waals surface area contributed by atoms with Crippen LogP contribution in [0.3, 0.4) is 0 Å². The van der Waals surface area contributed by atoms with Gasteiger partial charge in [0.15, 0.2) is 5.41 Å². The number of hydrogen-bond donors (Lipinski definition) is 4. The van der Waals surface area contributed by atoms with E-state index in [1.165, 1.54) is 21.3 Å². The number of amides is 4. The standard InChI is InChI=1S/C25H24N6O6/c1-31-22(34)25(21(33)30-24(31)35)17(12-4-8-14(36-2)9-5-12)16-19(28-23(26)29-20(16)32)27-18(25)13-6-10-15(37-3)11-7-13/h4-11,17-18H,1-3H3,(H,30,33,35)(H4,26,27,28,29,32). The van der Waals surface area contributed by atoms with E-state index >= 15 is 0 Å². The number of ether oxygens (including phenoxy) is 2. The van der Waals surface area contributed by atoms with Gasteiger partial charge in [-0.2, -0.15) is 4.98 Å². The number of hydrogen-bond acceptors (Lipinski definition) is 9. The predicted octanol–water partition coefficient (Wildman–Crippen LogP) is 1.36. The number of imide groups is 2. The van der Waals surface area contributed by atoms with Gasteiger partial charge in [0.25, 0.3) is 5.56 Å².